The van der Waals surface area contributed by atoms with Crippen LogP contribution >= 0.6 is 0 Å². The van der Waals surface area contributed by atoms with Gasteiger partial charge in [0.2, 0.25) is 21.8 Å². The van der Waals surface area contributed by atoms with Crippen LogP contribution in [0, 0.1) is 20.8 Å². The molecule has 174 valence electrons. The van der Waals surface area contributed by atoms with E-state index in [1.807, 2.05) is 58.0 Å². The number of benzene rings is 2. The summed E-state index contributed by atoms with van der Waals surface area (Å²) in [5.74, 6) is -0.722. The molecule has 1 unspecified atom stereocenters. The van der Waals surface area contributed by atoms with Gasteiger partial charge >= 0.3 is 0 Å². The molecule has 0 aliphatic heterocycles. The van der Waals surface area contributed by atoms with E-state index in [1.54, 1.807) is 12.1 Å². The second kappa shape index (κ2) is 10.6. The minimum absolute atomic E-state index is 0.210. The van der Waals surface area contributed by atoms with Crippen LogP contribution in [0.3, 0.4) is 0 Å². The first-order valence-electron chi connectivity index (χ1n) is 10.6. The highest BCUT2D eigenvalue weighted by molar-refractivity contribution is 7.92. The maximum atomic E-state index is 13.5. The number of likely N-dealkylation sites (N-methyl/N-ethyl adjacent to an activating group) is 1. The van der Waals surface area contributed by atoms with Gasteiger partial charge in [-0.05, 0) is 61.6 Å². The Kier molecular flexibility index (Phi) is 8.44. The Morgan fingerprint density at radius 3 is 2.12 bits per heavy atom. The van der Waals surface area contributed by atoms with Crippen LogP contribution in [0.25, 0.3) is 0 Å². The summed E-state index contributed by atoms with van der Waals surface area (Å²) in [6.07, 6.45) is 1.49. The monoisotopic (exact) mass is 459 g/mol. The lowest BCUT2D eigenvalue weighted by molar-refractivity contribution is -0.140. The van der Waals surface area contributed by atoms with E-state index >= 15 is 0 Å². The molecule has 0 fully saturated rings. The van der Waals surface area contributed by atoms with Crippen molar-refractivity contribution in [2.75, 3.05) is 24.2 Å². The third kappa shape index (κ3) is 6.32. The highest BCUT2D eigenvalue weighted by atomic mass is 32.2. The van der Waals surface area contributed by atoms with E-state index in [4.69, 9.17) is 0 Å². The second-order valence-electron chi connectivity index (χ2n) is 8.10. The first-order valence-corrected chi connectivity index (χ1v) is 12.4. The zero-order chi connectivity index (χ0) is 24.1. The van der Waals surface area contributed by atoms with Gasteiger partial charge in [-0.1, -0.05) is 37.3 Å². The molecule has 2 aromatic rings. The molecule has 0 bridgehead atoms. The number of sulfonamides is 1. The zero-order valence-electron chi connectivity index (χ0n) is 19.7. The van der Waals surface area contributed by atoms with Gasteiger partial charge in [-0.2, -0.15) is 0 Å². The Balaban J connectivity index is 2.48. The Labute approximate surface area is 191 Å². The zero-order valence-corrected chi connectivity index (χ0v) is 20.5. The average molecular weight is 460 g/mol. The molecule has 0 aliphatic carbocycles. The van der Waals surface area contributed by atoms with Gasteiger partial charge in [0.1, 0.15) is 12.6 Å². The topological polar surface area (TPSA) is 86.8 Å². The maximum Gasteiger partial charge on any atom is 0.244 e. The highest BCUT2D eigenvalue weighted by Gasteiger charge is 2.31. The average Bonchev–Trinajstić information content (AvgIpc) is 2.71. The molecule has 1 N–H and O–H groups in total. The van der Waals surface area contributed by atoms with Crippen molar-refractivity contribution in [3.63, 3.8) is 0 Å². The van der Waals surface area contributed by atoms with E-state index in [0.717, 1.165) is 32.8 Å². The van der Waals surface area contributed by atoms with Crippen molar-refractivity contribution in [1.29, 1.82) is 0 Å². The van der Waals surface area contributed by atoms with Gasteiger partial charge in [0, 0.05) is 13.6 Å². The minimum atomic E-state index is -3.73. The van der Waals surface area contributed by atoms with Crippen molar-refractivity contribution in [2.45, 2.75) is 46.7 Å². The van der Waals surface area contributed by atoms with Crippen molar-refractivity contribution < 1.29 is 18.0 Å². The molecule has 2 aromatic carbocycles. The highest BCUT2D eigenvalue weighted by Crippen LogP contribution is 2.23. The van der Waals surface area contributed by atoms with Crippen LogP contribution in [0.15, 0.2) is 42.5 Å². The number of hydrogen-bond acceptors (Lipinski definition) is 4. The van der Waals surface area contributed by atoms with Crippen LogP contribution in [0.4, 0.5) is 5.69 Å². The maximum absolute atomic E-state index is 13.5. The number of rotatable bonds is 9. The van der Waals surface area contributed by atoms with Crippen molar-refractivity contribution >= 4 is 27.5 Å². The number of nitrogens with zero attached hydrogens (tertiary/aromatic N) is 2. The summed E-state index contributed by atoms with van der Waals surface area (Å²) in [6, 6.07) is 12.3. The van der Waals surface area contributed by atoms with Crippen LogP contribution in [-0.2, 0) is 26.2 Å². The first-order chi connectivity index (χ1) is 15.0. The summed E-state index contributed by atoms with van der Waals surface area (Å²) in [5, 5.41) is 2.62. The molecule has 8 heteroatoms. The molecule has 7 nitrogen and oxygen atoms in total. The molecule has 0 saturated heterocycles. The molecule has 0 aliphatic rings. The molecule has 0 radical (unpaired) electrons. The molecule has 0 heterocycles. The lowest BCUT2D eigenvalue weighted by Gasteiger charge is -2.33. The normalized spacial score (nSPS) is 12.2. The molecule has 32 heavy (non-hydrogen) atoms. The standard InChI is InChI=1S/C24H33N3O4S/c1-7-22(24(29)25-5)26(15-20-11-9-8-10-19(20)4)23(28)16-27(32(6,30)31)21-13-17(2)12-18(3)14-21/h8-14,22H,7,15-16H2,1-6H3,(H,25,29). The fraction of sp³-hybridized carbons (Fsp3) is 0.417. The smallest absolute Gasteiger partial charge is 0.244 e. The Morgan fingerprint density at radius 1 is 1.03 bits per heavy atom. The van der Waals surface area contributed by atoms with Crippen LogP contribution < -0.4 is 9.62 Å². The van der Waals surface area contributed by atoms with Crippen LogP contribution in [-0.4, -0.2) is 51.0 Å². The van der Waals surface area contributed by atoms with E-state index in [0.29, 0.717) is 12.1 Å². The van der Waals surface area contributed by atoms with Crippen molar-refractivity contribution in [1.82, 2.24) is 10.2 Å². The van der Waals surface area contributed by atoms with E-state index < -0.39 is 22.0 Å². The van der Waals surface area contributed by atoms with Gasteiger partial charge in [0.05, 0.1) is 11.9 Å². The fourth-order valence-electron chi connectivity index (χ4n) is 3.77. The SMILES string of the molecule is CCC(C(=O)NC)N(Cc1ccccc1C)C(=O)CN(c1cc(C)cc(C)c1)S(C)(=O)=O. The molecular formula is C24H33N3O4S. The van der Waals surface area contributed by atoms with Crippen molar-refractivity contribution in [3.8, 4) is 0 Å². The molecule has 2 amide bonds. The number of carbonyl (C=O) groups excluding carboxylic acids is 2. The molecule has 0 spiro atoms. The van der Waals surface area contributed by atoms with Crippen molar-refractivity contribution in [3.05, 3.63) is 64.7 Å². The summed E-state index contributed by atoms with van der Waals surface area (Å²) in [4.78, 5) is 27.6. The Bertz CT molecular complexity index is 1060. The Morgan fingerprint density at radius 2 is 1.62 bits per heavy atom. The summed E-state index contributed by atoms with van der Waals surface area (Å²) in [6.45, 7) is 7.35. The van der Waals surface area contributed by atoms with Gasteiger partial charge in [0.25, 0.3) is 0 Å². The number of aryl methyl sites for hydroxylation is 3. The van der Waals surface area contributed by atoms with Crippen LogP contribution in [0.5, 0.6) is 0 Å². The number of nitrogens with one attached hydrogen (secondary N) is 1. The molecule has 0 saturated carbocycles. The van der Waals surface area contributed by atoms with Gasteiger partial charge in [-0.25, -0.2) is 8.42 Å². The third-order valence-electron chi connectivity index (χ3n) is 5.41. The first kappa shape index (κ1) is 25.4. The fourth-order valence-corrected chi connectivity index (χ4v) is 4.60. The molecule has 1 atom stereocenters. The summed E-state index contributed by atoms with van der Waals surface area (Å²) in [7, 11) is -2.21. The number of carbonyl (C=O) groups is 2. The van der Waals surface area contributed by atoms with Crippen LogP contribution in [0.2, 0.25) is 0 Å². The summed E-state index contributed by atoms with van der Waals surface area (Å²) >= 11 is 0. The third-order valence-corrected chi connectivity index (χ3v) is 6.55. The Hall–Kier alpha value is -2.87. The van der Waals surface area contributed by atoms with Gasteiger partial charge in [-0.3, -0.25) is 13.9 Å². The quantitative estimate of drug-likeness (QED) is 0.625. The van der Waals surface area contributed by atoms with E-state index in [9.17, 15) is 18.0 Å². The summed E-state index contributed by atoms with van der Waals surface area (Å²) in [5.41, 5.74) is 4.12. The number of amides is 2. The van der Waals surface area contributed by atoms with E-state index in [1.165, 1.54) is 11.9 Å². The van der Waals surface area contributed by atoms with E-state index in [2.05, 4.69) is 5.32 Å². The van der Waals surface area contributed by atoms with Gasteiger partial charge in [-0.15, -0.1) is 0 Å². The molecular weight excluding hydrogens is 426 g/mol. The molecule has 0 aromatic heterocycles. The second-order valence-corrected chi connectivity index (χ2v) is 10.0. The molecule has 2 rings (SSSR count). The number of anilines is 1. The minimum Gasteiger partial charge on any atom is -0.357 e. The lowest BCUT2D eigenvalue weighted by Crippen LogP contribution is -2.51. The predicted octanol–water partition coefficient (Wildman–Crippen LogP) is 2.93. The number of hydrogen-bond donors (Lipinski definition) is 1. The van der Waals surface area contributed by atoms with Gasteiger partial charge < -0.3 is 10.2 Å². The largest absolute Gasteiger partial charge is 0.357 e. The van der Waals surface area contributed by atoms with Crippen molar-refractivity contribution in [2.24, 2.45) is 0 Å². The summed E-state index contributed by atoms with van der Waals surface area (Å²) < 4.78 is 26.4. The van der Waals surface area contributed by atoms with Gasteiger partial charge in [0.15, 0.2) is 0 Å². The van der Waals surface area contributed by atoms with Crippen LogP contribution in [0.1, 0.15) is 35.6 Å². The lowest BCUT2D eigenvalue weighted by atomic mass is 10.1. The van der Waals surface area contributed by atoms with E-state index in [-0.39, 0.29) is 19.0 Å². The predicted molar refractivity (Wildman–Crippen MR) is 128 cm³/mol.